The molecule has 5 heteroatoms. The SMILES string of the molecule is FCC1C=C(n2c3ccccc3c3cc(C(CCc4ccc(-c5ccc(N(c6ccccc6)c6ccc7c(c6)c6ccccc6n7-c6ccc(F)cc6)cc5)cc4)c4ccccc4)ccc32)C=CC1. The van der Waals surface area contributed by atoms with Crippen LogP contribution in [0.15, 0.2) is 237 Å². The van der Waals surface area contributed by atoms with Crippen LogP contribution in [0.1, 0.15) is 35.4 Å². The Balaban J connectivity index is 0.822. The minimum absolute atomic E-state index is 0.0970. The Morgan fingerprint density at radius 1 is 0.493 bits per heavy atom. The fraction of sp³-hybridized carbons (Fsp3) is 0.0938. The molecule has 0 amide bonds. The number of halogens is 2. The van der Waals surface area contributed by atoms with E-state index in [1.54, 1.807) is 0 Å². The van der Waals surface area contributed by atoms with Crippen molar-refractivity contribution in [2.45, 2.75) is 25.2 Å². The number of benzene rings is 9. The van der Waals surface area contributed by atoms with Crippen LogP contribution in [-0.2, 0) is 6.42 Å². The summed E-state index contributed by atoms with van der Waals surface area (Å²) < 4.78 is 32.4. The maximum absolute atomic E-state index is 14.0. The van der Waals surface area contributed by atoms with E-state index >= 15 is 0 Å². The van der Waals surface area contributed by atoms with E-state index in [0.717, 1.165) is 86.1 Å². The third kappa shape index (κ3) is 7.90. The second-order valence-corrected chi connectivity index (χ2v) is 18.2. The van der Waals surface area contributed by atoms with Gasteiger partial charge in [-0.15, -0.1) is 0 Å². The van der Waals surface area contributed by atoms with E-state index in [1.165, 1.54) is 45.2 Å². The van der Waals surface area contributed by atoms with Crippen molar-refractivity contribution in [3.8, 4) is 16.8 Å². The molecular formula is C64H49F2N3. The van der Waals surface area contributed by atoms with Gasteiger partial charge in [0.2, 0.25) is 0 Å². The van der Waals surface area contributed by atoms with Gasteiger partial charge in [0.25, 0.3) is 0 Å². The molecule has 9 aromatic carbocycles. The Kier molecular flexibility index (Phi) is 11.0. The molecule has 3 nitrogen and oxygen atoms in total. The van der Waals surface area contributed by atoms with E-state index in [2.05, 4.69) is 226 Å². The number of anilines is 3. The van der Waals surface area contributed by atoms with Gasteiger partial charge in [0.15, 0.2) is 0 Å². The second kappa shape index (κ2) is 18.1. The first-order valence-corrected chi connectivity index (χ1v) is 23.9. The topological polar surface area (TPSA) is 13.1 Å². The molecule has 0 fully saturated rings. The van der Waals surface area contributed by atoms with Crippen molar-refractivity contribution in [2.24, 2.45) is 5.92 Å². The summed E-state index contributed by atoms with van der Waals surface area (Å²) in [6, 6.07) is 76.7. The number of allylic oxidation sites excluding steroid dienone is 4. The van der Waals surface area contributed by atoms with Gasteiger partial charge >= 0.3 is 0 Å². The summed E-state index contributed by atoms with van der Waals surface area (Å²) in [4.78, 5) is 2.31. The maximum atomic E-state index is 14.0. The molecule has 0 bridgehead atoms. The van der Waals surface area contributed by atoms with Crippen LogP contribution in [0.4, 0.5) is 25.8 Å². The lowest BCUT2D eigenvalue weighted by Gasteiger charge is -2.26. The van der Waals surface area contributed by atoms with Gasteiger partial charge in [-0.05, 0) is 144 Å². The van der Waals surface area contributed by atoms with Gasteiger partial charge in [0.05, 0.1) is 28.7 Å². The number of fused-ring (bicyclic) bond motifs is 6. The summed E-state index contributed by atoms with van der Waals surface area (Å²) in [5.41, 5.74) is 15.8. The quantitative estimate of drug-likeness (QED) is 0.119. The molecule has 0 radical (unpaired) electrons. The molecule has 1 aliphatic carbocycles. The largest absolute Gasteiger partial charge is 0.310 e. The standard InChI is InChI=1S/C64H49F2N3/c65-43-45-12-11-17-54(40-45)69-62-21-10-7-18-57(62)59-41-49(29-38-63(59)69)56(48-13-3-1-4-14-48)37-24-44-22-25-46(26-23-44)47-27-32-52(33-28-47)67(51-15-5-2-6-16-51)55-36-39-64-60(42-55)58-19-8-9-20-61(58)68(64)53-34-30-50(66)31-35-53/h1-11,13-23,25-36,38-42,45,56H,12,24,37,43H2. The number of nitrogens with zero attached hydrogens (tertiary/aromatic N) is 3. The lowest BCUT2D eigenvalue weighted by atomic mass is 9.85. The molecule has 0 saturated carbocycles. The van der Waals surface area contributed by atoms with Crippen molar-refractivity contribution in [2.75, 3.05) is 11.6 Å². The first-order chi connectivity index (χ1) is 34.1. The van der Waals surface area contributed by atoms with Crippen molar-refractivity contribution >= 4 is 66.4 Å². The van der Waals surface area contributed by atoms with Crippen molar-refractivity contribution < 1.29 is 8.78 Å². The van der Waals surface area contributed by atoms with Crippen LogP contribution >= 0.6 is 0 Å². The average molecular weight is 898 g/mol. The van der Waals surface area contributed by atoms with Crippen LogP contribution in [-0.4, -0.2) is 15.8 Å². The van der Waals surface area contributed by atoms with Crippen molar-refractivity contribution in [1.29, 1.82) is 0 Å². The van der Waals surface area contributed by atoms with E-state index in [4.69, 9.17) is 0 Å². The monoisotopic (exact) mass is 897 g/mol. The molecule has 334 valence electrons. The van der Waals surface area contributed by atoms with Crippen molar-refractivity contribution in [3.63, 3.8) is 0 Å². The summed E-state index contributed by atoms with van der Waals surface area (Å²) in [7, 11) is 0. The highest BCUT2D eigenvalue weighted by Gasteiger charge is 2.21. The van der Waals surface area contributed by atoms with Crippen molar-refractivity contribution in [3.05, 3.63) is 259 Å². The van der Waals surface area contributed by atoms with E-state index < -0.39 is 0 Å². The Hall–Kier alpha value is -8.28. The number of rotatable bonds is 12. The van der Waals surface area contributed by atoms with E-state index in [-0.39, 0.29) is 24.3 Å². The van der Waals surface area contributed by atoms with Crippen LogP contribution < -0.4 is 4.90 Å². The number of alkyl halides is 1. The molecule has 2 aromatic heterocycles. The number of para-hydroxylation sites is 3. The predicted molar refractivity (Wildman–Crippen MR) is 284 cm³/mol. The van der Waals surface area contributed by atoms with Gasteiger partial charge in [0, 0.05) is 61.8 Å². The molecule has 2 atom stereocenters. The fourth-order valence-electron chi connectivity index (χ4n) is 10.7. The van der Waals surface area contributed by atoms with Crippen LogP contribution in [0.3, 0.4) is 0 Å². The Labute approximate surface area is 401 Å². The van der Waals surface area contributed by atoms with Gasteiger partial charge in [-0.2, -0.15) is 0 Å². The van der Waals surface area contributed by atoms with E-state index in [9.17, 15) is 8.78 Å². The average Bonchev–Trinajstić information content (AvgIpc) is 3.92. The third-order valence-electron chi connectivity index (χ3n) is 14.0. The Morgan fingerprint density at radius 2 is 1.06 bits per heavy atom. The van der Waals surface area contributed by atoms with Gasteiger partial charge in [0.1, 0.15) is 5.82 Å². The summed E-state index contributed by atoms with van der Waals surface area (Å²) in [6.45, 7) is -0.353. The predicted octanol–water partition coefficient (Wildman–Crippen LogP) is 17.3. The Bertz CT molecular complexity index is 3680. The zero-order valence-corrected chi connectivity index (χ0v) is 38.1. The highest BCUT2D eigenvalue weighted by molar-refractivity contribution is 6.12. The molecular weight excluding hydrogens is 849 g/mol. The van der Waals surface area contributed by atoms with Gasteiger partial charge < -0.3 is 14.0 Å². The highest BCUT2D eigenvalue weighted by Crippen LogP contribution is 2.42. The summed E-state index contributed by atoms with van der Waals surface area (Å²) >= 11 is 0. The lowest BCUT2D eigenvalue weighted by molar-refractivity contribution is 0.411. The van der Waals surface area contributed by atoms with Crippen LogP contribution in [0.2, 0.25) is 0 Å². The molecule has 2 heterocycles. The lowest BCUT2D eigenvalue weighted by Crippen LogP contribution is -2.09. The third-order valence-corrected chi connectivity index (χ3v) is 14.0. The highest BCUT2D eigenvalue weighted by atomic mass is 19.1. The van der Waals surface area contributed by atoms with Gasteiger partial charge in [-0.3, -0.25) is 4.39 Å². The number of hydrogen-bond donors (Lipinski definition) is 0. The van der Waals surface area contributed by atoms with Gasteiger partial charge in [-0.25, -0.2) is 4.39 Å². The molecule has 0 aliphatic heterocycles. The second-order valence-electron chi connectivity index (χ2n) is 18.2. The number of hydrogen-bond acceptors (Lipinski definition) is 1. The molecule has 12 rings (SSSR count). The zero-order valence-electron chi connectivity index (χ0n) is 38.1. The molecule has 0 saturated heterocycles. The molecule has 1 aliphatic rings. The van der Waals surface area contributed by atoms with Crippen LogP contribution in [0, 0.1) is 11.7 Å². The molecule has 0 N–H and O–H groups in total. The fourth-order valence-corrected chi connectivity index (χ4v) is 10.7. The van der Waals surface area contributed by atoms with Gasteiger partial charge in [-0.1, -0.05) is 140 Å². The minimum atomic E-state index is -0.353. The first kappa shape index (κ1) is 42.1. The number of aromatic nitrogens is 2. The normalized spacial score (nSPS) is 14.2. The van der Waals surface area contributed by atoms with E-state index in [0.29, 0.717) is 0 Å². The van der Waals surface area contributed by atoms with Crippen LogP contribution in [0.25, 0.3) is 66.1 Å². The summed E-state index contributed by atoms with van der Waals surface area (Å²) in [5, 5.41) is 4.70. The molecule has 2 unspecified atom stereocenters. The van der Waals surface area contributed by atoms with E-state index in [1.807, 2.05) is 12.1 Å². The summed E-state index contributed by atoms with van der Waals surface area (Å²) in [6.07, 6.45) is 8.96. The van der Waals surface area contributed by atoms with Crippen molar-refractivity contribution in [1.82, 2.24) is 9.13 Å². The summed E-state index contributed by atoms with van der Waals surface area (Å²) in [5.74, 6) is -0.141. The zero-order chi connectivity index (χ0) is 46.3. The molecule has 69 heavy (non-hydrogen) atoms. The smallest absolute Gasteiger partial charge is 0.123 e. The number of aryl methyl sites for hydroxylation is 1. The maximum Gasteiger partial charge on any atom is 0.123 e. The molecule has 11 aromatic rings. The minimum Gasteiger partial charge on any atom is -0.310 e. The van der Waals surface area contributed by atoms with Crippen LogP contribution in [0.5, 0.6) is 0 Å². The molecule has 0 spiro atoms. The Morgan fingerprint density at radius 3 is 1.77 bits per heavy atom. The first-order valence-electron chi connectivity index (χ1n) is 23.9.